The molecule has 0 saturated heterocycles. The maximum absolute atomic E-state index is 12.1. The monoisotopic (exact) mass is 326 g/mol. The van der Waals surface area contributed by atoms with Gasteiger partial charge in [0.05, 0.1) is 22.1 Å². The van der Waals surface area contributed by atoms with E-state index in [2.05, 4.69) is 19.9 Å². The van der Waals surface area contributed by atoms with Crippen LogP contribution in [0.15, 0.2) is 39.8 Å². The summed E-state index contributed by atoms with van der Waals surface area (Å²) in [6, 6.07) is 6.68. The van der Waals surface area contributed by atoms with Crippen LogP contribution in [0.5, 0.6) is 0 Å². The molecule has 0 bridgehead atoms. The van der Waals surface area contributed by atoms with Crippen LogP contribution in [-0.2, 0) is 10.0 Å². The number of hydrogen-bond donors (Lipinski definition) is 2. The van der Waals surface area contributed by atoms with Gasteiger partial charge in [0.2, 0.25) is 0 Å². The SMILES string of the molecule is CSc1nc2ccc(NS(=O)(=O)c3ccn[nH]3)cc2s1. The Morgan fingerprint density at radius 3 is 2.90 bits per heavy atom. The average Bonchev–Trinajstić information content (AvgIpc) is 3.07. The van der Waals surface area contributed by atoms with Crippen LogP contribution >= 0.6 is 23.1 Å². The van der Waals surface area contributed by atoms with Crippen molar-refractivity contribution >= 4 is 49.0 Å². The second kappa shape index (κ2) is 5.08. The van der Waals surface area contributed by atoms with E-state index in [-0.39, 0.29) is 5.03 Å². The lowest BCUT2D eigenvalue weighted by atomic mass is 10.3. The average molecular weight is 326 g/mol. The number of benzene rings is 1. The van der Waals surface area contributed by atoms with Crippen molar-refractivity contribution in [3.05, 3.63) is 30.5 Å². The van der Waals surface area contributed by atoms with E-state index in [1.165, 1.54) is 23.6 Å². The number of thiazole rings is 1. The number of aromatic nitrogens is 3. The molecule has 0 saturated carbocycles. The highest BCUT2D eigenvalue weighted by atomic mass is 32.2. The lowest BCUT2D eigenvalue weighted by molar-refractivity contribution is 0.597. The highest BCUT2D eigenvalue weighted by Gasteiger charge is 2.16. The number of aromatic amines is 1. The molecule has 3 aromatic rings. The van der Waals surface area contributed by atoms with Crippen LogP contribution in [0.1, 0.15) is 0 Å². The molecule has 0 aliphatic rings. The van der Waals surface area contributed by atoms with E-state index in [0.29, 0.717) is 5.69 Å². The summed E-state index contributed by atoms with van der Waals surface area (Å²) in [5.41, 5.74) is 1.37. The number of sulfonamides is 1. The summed E-state index contributed by atoms with van der Waals surface area (Å²) in [5, 5.41) is 6.11. The summed E-state index contributed by atoms with van der Waals surface area (Å²) in [6.07, 6.45) is 3.35. The molecule has 3 rings (SSSR count). The third-order valence-corrected chi connectivity index (χ3v) is 5.87. The van der Waals surface area contributed by atoms with E-state index in [1.807, 2.05) is 6.26 Å². The molecule has 0 aliphatic carbocycles. The van der Waals surface area contributed by atoms with Crippen LogP contribution in [0.2, 0.25) is 0 Å². The van der Waals surface area contributed by atoms with Crippen molar-refractivity contribution < 1.29 is 8.42 Å². The Balaban J connectivity index is 1.95. The molecule has 0 atom stereocenters. The fraction of sp³-hybridized carbons (Fsp3) is 0.0909. The van der Waals surface area contributed by atoms with Gasteiger partial charge in [-0.15, -0.1) is 11.3 Å². The zero-order valence-electron chi connectivity index (χ0n) is 10.3. The highest BCUT2D eigenvalue weighted by molar-refractivity contribution is 8.00. The molecule has 2 heterocycles. The van der Waals surface area contributed by atoms with Gasteiger partial charge in [-0.25, -0.2) is 4.98 Å². The van der Waals surface area contributed by atoms with Crippen molar-refractivity contribution in [2.75, 3.05) is 11.0 Å². The maximum atomic E-state index is 12.1. The van der Waals surface area contributed by atoms with Crippen LogP contribution in [-0.4, -0.2) is 29.9 Å². The summed E-state index contributed by atoms with van der Waals surface area (Å²) in [4.78, 5) is 4.41. The smallest absolute Gasteiger partial charge is 0.278 e. The van der Waals surface area contributed by atoms with Gasteiger partial charge < -0.3 is 0 Å². The molecule has 1 aromatic carbocycles. The van der Waals surface area contributed by atoms with E-state index >= 15 is 0 Å². The summed E-state index contributed by atoms with van der Waals surface area (Å²) >= 11 is 3.10. The number of fused-ring (bicyclic) bond motifs is 1. The van der Waals surface area contributed by atoms with Crippen molar-refractivity contribution in [2.45, 2.75) is 9.37 Å². The second-order valence-electron chi connectivity index (χ2n) is 3.89. The molecule has 2 aromatic heterocycles. The Kier molecular flexibility index (Phi) is 3.40. The van der Waals surface area contributed by atoms with Gasteiger partial charge in [-0.3, -0.25) is 9.82 Å². The zero-order valence-corrected chi connectivity index (χ0v) is 12.8. The minimum Gasteiger partial charge on any atom is -0.278 e. The molecule has 9 heteroatoms. The third kappa shape index (κ3) is 2.51. The fourth-order valence-corrected chi connectivity index (χ4v) is 4.15. The van der Waals surface area contributed by atoms with Gasteiger partial charge in [0, 0.05) is 0 Å². The van der Waals surface area contributed by atoms with Gasteiger partial charge in [0.15, 0.2) is 9.37 Å². The maximum Gasteiger partial charge on any atom is 0.278 e. The first-order valence-corrected chi connectivity index (χ1v) is 9.08. The van der Waals surface area contributed by atoms with E-state index in [0.717, 1.165) is 14.6 Å². The van der Waals surface area contributed by atoms with Gasteiger partial charge in [-0.2, -0.15) is 13.5 Å². The Labute approximate surface area is 123 Å². The van der Waals surface area contributed by atoms with Gasteiger partial charge in [-0.1, -0.05) is 11.8 Å². The first kappa shape index (κ1) is 13.4. The van der Waals surface area contributed by atoms with Crippen molar-refractivity contribution in [3.63, 3.8) is 0 Å². The van der Waals surface area contributed by atoms with Gasteiger partial charge in [-0.05, 0) is 30.5 Å². The number of rotatable bonds is 4. The Hall–Kier alpha value is -1.58. The predicted molar refractivity (Wildman–Crippen MR) is 80.8 cm³/mol. The number of anilines is 1. The first-order chi connectivity index (χ1) is 9.58. The van der Waals surface area contributed by atoms with E-state index in [1.54, 1.807) is 30.0 Å². The van der Waals surface area contributed by atoms with E-state index < -0.39 is 10.0 Å². The molecule has 0 unspecified atom stereocenters. The standard InChI is InChI=1S/C11H10N4O2S3/c1-18-11-13-8-3-2-7(6-9(8)19-11)15-20(16,17)10-4-5-12-14-10/h2-6,15H,1H3,(H,12,14). The van der Waals surface area contributed by atoms with E-state index in [9.17, 15) is 8.42 Å². The number of H-pyrrole nitrogens is 1. The van der Waals surface area contributed by atoms with Gasteiger partial charge in [0.25, 0.3) is 10.0 Å². The first-order valence-electron chi connectivity index (χ1n) is 5.55. The second-order valence-corrected chi connectivity index (χ2v) is 7.63. The lowest BCUT2D eigenvalue weighted by Gasteiger charge is -2.05. The predicted octanol–water partition coefficient (Wildman–Crippen LogP) is 2.54. The Morgan fingerprint density at radius 1 is 1.35 bits per heavy atom. The topological polar surface area (TPSA) is 87.7 Å². The molecule has 104 valence electrons. The lowest BCUT2D eigenvalue weighted by Crippen LogP contribution is -2.13. The number of hydrogen-bond acceptors (Lipinski definition) is 6. The summed E-state index contributed by atoms with van der Waals surface area (Å²) in [6.45, 7) is 0. The van der Waals surface area contributed by atoms with Crippen molar-refractivity contribution in [1.29, 1.82) is 0 Å². The number of nitrogens with one attached hydrogen (secondary N) is 2. The highest BCUT2D eigenvalue weighted by Crippen LogP contribution is 2.30. The van der Waals surface area contributed by atoms with Gasteiger partial charge in [0.1, 0.15) is 0 Å². The van der Waals surface area contributed by atoms with E-state index in [4.69, 9.17) is 0 Å². The minimum absolute atomic E-state index is 0.0340. The minimum atomic E-state index is -3.63. The van der Waals surface area contributed by atoms with Crippen molar-refractivity contribution in [2.24, 2.45) is 0 Å². The fourth-order valence-electron chi connectivity index (χ4n) is 1.66. The molecule has 0 spiro atoms. The number of thioether (sulfide) groups is 1. The quantitative estimate of drug-likeness (QED) is 0.719. The third-order valence-electron chi connectivity index (χ3n) is 2.56. The molecular weight excluding hydrogens is 316 g/mol. The molecule has 0 aliphatic heterocycles. The van der Waals surface area contributed by atoms with Crippen LogP contribution in [0.25, 0.3) is 10.2 Å². The van der Waals surface area contributed by atoms with Crippen molar-refractivity contribution in [1.82, 2.24) is 15.2 Å². The summed E-state index contributed by atoms with van der Waals surface area (Å²) in [5.74, 6) is 0. The zero-order chi connectivity index (χ0) is 14.2. The molecule has 0 amide bonds. The van der Waals surface area contributed by atoms with Crippen LogP contribution in [0.4, 0.5) is 5.69 Å². The van der Waals surface area contributed by atoms with Crippen LogP contribution in [0, 0.1) is 0 Å². The summed E-state index contributed by atoms with van der Waals surface area (Å²) < 4.78 is 28.5. The number of nitrogens with zero attached hydrogens (tertiary/aromatic N) is 2. The van der Waals surface area contributed by atoms with Gasteiger partial charge >= 0.3 is 0 Å². The van der Waals surface area contributed by atoms with Crippen LogP contribution in [0.3, 0.4) is 0 Å². The largest absolute Gasteiger partial charge is 0.278 e. The normalized spacial score (nSPS) is 11.8. The molecule has 0 radical (unpaired) electrons. The molecular formula is C11H10N4O2S3. The van der Waals surface area contributed by atoms with Crippen LogP contribution < -0.4 is 4.72 Å². The molecule has 0 fully saturated rings. The Bertz CT molecular complexity index is 840. The summed E-state index contributed by atoms with van der Waals surface area (Å²) in [7, 11) is -3.63. The van der Waals surface area contributed by atoms with Crippen molar-refractivity contribution in [3.8, 4) is 0 Å². The molecule has 6 nitrogen and oxygen atoms in total. The molecule has 20 heavy (non-hydrogen) atoms. The Morgan fingerprint density at radius 2 is 2.20 bits per heavy atom. The molecule has 2 N–H and O–H groups in total.